The highest BCUT2D eigenvalue weighted by molar-refractivity contribution is 5.39. The summed E-state index contributed by atoms with van der Waals surface area (Å²) in [5, 5.41) is 38.8. The van der Waals surface area contributed by atoms with Crippen LogP contribution in [0.15, 0.2) is 12.1 Å². The van der Waals surface area contributed by atoms with E-state index in [0.717, 1.165) is 6.07 Å². The van der Waals surface area contributed by atoms with Crippen LogP contribution in [0.3, 0.4) is 0 Å². The molecule has 0 radical (unpaired) electrons. The summed E-state index contributed by atoms with van der Waals surface area (Å²) < 4.78 is 4.80. The lowest BCUT2D eigenvalue weighted by Crippen LogP contribution is -2.21. The highest BCUT2D eigenvalue weighted by atomic mass is 16.6. The summed E-state index contributed by atoms with van der Waals surface area (Å²) in [5.41, 5.74) is -0.708. The van der Waals surface area contributed by atoms with E-state index in [1.54, 1.807) is 0 Å². The molecule has 0 spiro atoms. The quantitative estimate of drug-likeness (QED) is 0.475. The minimum atomic E-state index is -1.56. The Morgan fingerprint density at radius 1 is 1.50 bits per heavy atom. The van der Waals surface area contributed by atoms with Crippen molar-refractivity contribution in [2.45, 2.75) is 18.6 Å². The van der Waals surface area contributed by atoms with Crippen LogP contribution in [-0.2, 0) is 0 Å². The fourth-order valence-corrected chi connectivity index (χ4v) is 1.41. The monoisotopic (exact) mass is 258 g/mol. The van der Waals surface area contributed by atoms with Crippen LogP contribution in [0.4, 0.5) is 5.69 Å². The van der Waals surface area contributed by atoms with Crippen LogP contribution in [0, 0.1) is 10.1 Å². The molecule has 0 amide bonds. The molecular weight excluding hydrogens is 244 g/mol. The molecule has 3 N–H and O–H groups in total. The minimum Gasteiger partial charge on any atom is -0.481 e. The van der Waals surface area contributed by atoms with Crippen LogP contribution in [-0.4, -0.2) is 45.0 Å². The molecular formula is C10H14N2O6. The highest BCUT2D eigenvalue weighted by Crippen LogP contribution is 2.28. The van der Waals surface area contributed by atoms with E-state index in [2.05, 4.69) is 4.98 Å². The van der Waals surface area contributed by atoms with Gasteiger partial charge in [0.15, 0.2) is 5.69 Å². The standard InChI is InChI=1S/C10H14N2O6/c1-18-8-3-2-6(12(16)17)9(11-8)10(15)7(14)4-5-13/h2-3,7,10,13-15H,4-5H2,1H3. The smallest absolute Gasteiger partial charge is 0.293 e. The molecule has 0 aliphatic carbocycles. The molecule has 0 aliphatic rings. The molecule has 0 saturated heterocycles. The molecule has 2 unspecified atom stereocenters. The third-order valence-electron chi connectivity index (χ3n) is 2.35. The van der Waals surface area contributed by atoms with E-state index in [4.69, 9.17) is 9.84 Å². The summed E-state index contributed by atoms with van der Waals surface area (Å²) in [6, 6.07) is 2.42. The van der Waals surface area contributed by atoms with Crippen LogP contribution in [0.1, 0.15) is 18.2 Å². The van der Waals surface area contributed by atoms with Gasteiger partial charge in [0.25, 0.3) is 5.69 Å². The maximum atomic E-state index is 10.8. The summed E-state index contributed by atoms with van der Waals surface area (Å²) in [6.45, 7) is -0.351. The molecule has 100 valence electrons. The molecule has 2 atom stereocenters. The van der Waals surface area contributed by atoms with Crippen LogP contribution in [0.25, 0.3) is 0 Å². The van der Waals surface area contributed by atoms with Crippen molar-refractivity contribution in [2.24, 2.45) is 0 Å². The van der Waals surface area contributed by atoms with E-state index in [-0.39, 0.29) is 24.6 Å². The summed E-state index contributed by atoms with van der Waals surface area (Å²) >= 11 is 0. The SMILES string of the molecule is COc1ccc([N+](=O)[O-])c(C(O)C(O)CCO)n1. The minimum absolute atomic E-state index is 0.0887. The van der Waals surface area contributed by atoms with Gasteiger partial charge in [-0.2, -0.15) is 0 Å². The van der Waals surface area contributed by atoms with Gasteiger partial charge in [0, 0.05) is 18.7 Å². The largest absolute Gasteiger partial charge is 0.481 e. The first kappa shape index (κ1) is 14.3. The molecule has 1 aromatic rings. The molecule has 0 bridgehead atoms. The van der Waals surface area contributed by atoms with Crippen molar-refractivity contribution < 1.29 is 25.0 Å². The molecule has 8 heteroatoms. The number of pyridine rings is 1. The second kappa shape index (κ2) is 6.24. The Balaban J connectivity index is 3.14. The summed E-state index contributed by atoms with van der Waals surface area (Å²) in [4.78, 5) is 13.8. The van der Waals surface area contributed by atoms with Gasteiger partial charge in [-0.05, 0) is 6.42 Å². The number of methoxy groups -OCH3 is 1. The van der Waals surface area contributed by atoms with Crippen molar-refractivity contribution in [2.75, 3.05) is 13.7 Å². The van der Waals surface area contributed by atoms with E-state index in [0.29, 0.717) is 0 Å². The Bertz CT molecular complexity index is 425. The number of aliphatic hydroxyl groups is 3. The molecule has 0 saturated carbocycles. The van der Waals surface area contributed by atoms with Gasteiger partial charge in [-0.1, -0.05) is 0 Å². The molecule has 1 rings (SSSR count). The zero-order valence-corrected chi connectivity index (χ0v) is 9.68. The number of nitrogens with zero attached hydrogens (tertiary/aromatic N) is 2. The van der Waals surface area contributed by atoms with Gasteiger partial charge in [-0.3, -0.25) is 10.1 Å². The Labute approximate surface area is 103 Å². The lowest BCUT2D eigenvalue weighted by Gasteiger charge is -2.16. The van der Waals surface area contributed by atoms with Crippen molar-refractivity contribution in [3.05, 3.63) is 27.9 Å². The summed E-state index contributed by atoms with van der Waals surface area (Å²) in [5.74, 6) is 0.0887. The van der Waals surface area contributed by atoms with E-state index >= 15 is 0 Å². The van der Waals surface area contributed by atoms with Gasteiger partial charge in [-0.15, -0.1) is 0 Å². The predicted octanol–water partition coefficient (Wildman–Crippen LogP) is -0.225. The normalized spacial score (nSPS) is 14.0. The Hall–Kier alpha value is -1.77. The number of hydrogen-bond donors (Lipinski definition) is 3. The number of rotatable bonds is 6. The third kappa shape index (κ3) is 3.13. The van der Waals surface area contributed by atoms with E-state index in [1.165, 1.54) is 13.2 Å². The fourth-order valence-electron chi connectivity index (χ4n) is 1.41. The van der Waals surface area contributed by atoms with Gasteiger partial charge in [0.2, 0.25) is 5.88 Å². The molecule has 0 aliphatic heterocycles. The summed E-state index contributed by atoms with van der Waals surface area (Å²) in [7, 11) is 1.33. The number of aliphatic hydroxyl groups excluding tert-OH is 3. The molecule has 1 heterocycles. The van der Waals surface area contributed by atoms with Crippen LogP contribution >= 0.6 is 0 Å². The lowest BCUT2D eigenvalue weighted by atomic mass is 10.1. The van der Waals surface area contributed by atoms with Crippen molar-refractivity contribution in [1.29, 1.82) is 0 Å². The van der Waals surface area contributed by atoms with Gasteiger partial charge in [0.05, 0.1) is 18.1 Å². The third-order valence-corrected chi connectivity index (χ3v) is 2.35. The molecule has 8 nitrogen and oxygen atoms in total. The van der Waals surface area contributed by atoms with Gasteiger partial charge < -0.3 is 20.1 Å². The fraction of sp³-hybridized carbons (Fsp3) is 0.500. The zero-order valence-electron chi connectivity index (χ0n) is 9.68. The van der Waals surface area contributed by atoms with Gasteiger partial charge in [-0.25, -0.2) is 4.98 Å². The number of nitro groups is 1. The first-order valence-corrected chi connectivity index (χ1v) is 5.17. The Morgan fingerprint density at radius 2 is 2.17 bits per heavy atom. The number of hydrogen-bond acceptors (Lipinski definition) is 7. The lowest BCUT2D eigenvalue weighted by molar-refractivity contribution is -0.386. The summed E-state index contributed by atoms with van der Waals surface area (Å²) in [6.07, 6.45) is -3.02. The van der Waals surface area contributed by atoms with Crippen molar-refractivity contribution >= 4 is 5.69 Å². The zero-order chi connectivity index (χ0) is 13.7. The van der Waals surface area contributed by atoms with E-state index in [1.807, 2.05) is 0 Å². The van der Waals surface area contributed by atoms with Crippen LogP contribution in [0.2, 0.25) is 0 Å². The molecule has 1 aromatic heterocycles. The highest BCUT2D eigenvalue weighted by Gasteiger charge is 2.28. The average molecular weight is 258 g/mol. The number of ether oxygens (including phenoxy) is 1. The number of aromatic nitrogens is 1. The van der Waals surface area contributed by atoms with Crippen molar-refractivity contribution in [1.82, 2.24) is 4.98 Å². The van der Waals surface area contributed by atoms with Gasteiger partial charge >= 0.3 is 0 Å². The Morgan fingerprint density at radius 3 is 2.67 bits per heavy atom. The molecule has 0 aromatic carbocycles. The van der Waals surface area contributed by atoms with Gasteiger partial charge in [0.1, 0.15) is 6.10 Å². The maximum absolute atomic E-state index is 10.8. The van der Waals surface area contributed by atoms with Crippen LogP contribution in [0.5, 0.6) is 5.88 Å². The van der Waals surface area contributed by atoms with Crippen molar-refractivity contribution in [3.63, 3.8) is 0 Å². The first-order chi connectivity index (χ1) is 8.51. The van der Waals surface area contributed by atoms with E-state index in [9.17, 15) is 20.3 Å². The Kier molecular flexibility index (Phi) is 4.95. The first-order valence-electron chi connectivity index (χ1n) is 5.17. The maximum Gasteiger partial charge on any atom is 0.293 e. The van der Waals surface area contributed by atoms with Crippen molar-refractivity contribution in [3.8, 4) is 5.88 Å². The van der Waals surface area contributed by atoms with E-state index < -0.39 is 22.8 Å². The van der Waals surface area contributed by atoms with Crippen LogP contribution < -0.4 is 4.74 Å². The topological polar surface area (TPSA) is 126 Å². The average Bonchev–Trinajstić information content (AvgIpc) is 2.37. The second-order valence-corrected chi connectivity index (χ2v) is 3.54. The molecule has 0 fully saturated rings. The predicted molar refractivity (Wildman–Crippen MR) is 60.1 cm³/mol. The second-order valence-electron chi connectivity index (χ2n) is 3.54. The molecule has 18 heavy (non-hydrogen) atoms.